The van der Waals surface area contributed by atoms with Crippen molar-refractivity contribution in [2.24, 2.45) is 0 Å². The van der Waals surface area contributed by atoms with Crippen LogP contribution in [0.25, 0.3) is 21.9 Å². The minimum Gasteiger partial charge on any atom is -0.456 e. The molecule has 5 heteroatoms. The van der Waals surface area contributed by atoms with E-state index < -0.39 is 0 Å². The molecule has 0 radical (unpaired) electrons. The number of benzene rings is 8. The topological polar surface area (TPSA) is 22.9 Å². The molecule has 3 heterocycles. The first-order valence-electron chi connectivity index (χ1n) is 32.3. The summed E-state index contributed by atoms with van der Waals surface area (Å²) in [7, 11) is 0. The van der Waals surface area contributed by atoms with Gasteiger partial charge in [-0.25, -0.2) is 0 Å². The molecule has 0 amide bonds. The molecule has 2 aliphatic carbocycles. The van der Waals surface area contributed by atoms with Gasteiger partial charge in [0.15, 0.2) is 0 Å². The molecular formula is C81H94BN3O. The average Bonchev–Trinajstić information content (AvgIpc) is 1.22. The molecule has 9 aromatic rings. The summed E-state index contributed by atoms with van der Waals surface area (Å²) in [6, 6.07) is 55.7. The molecule has 0 fully saturated rings. The van der Waals surface area contributed by atoms with Gasteiger partial charge in [0.05, 0.1) is 0 Å². The van der Waals surface area contributed by atoms with Crippen molar-refractivity contribution in [2.45, 2.75) is 214 Å². The Morgan fingerprint density at radius 2 is 0.791 bits per heavy atom. The van der Waals surface area contributed by atoms with Gasteiger partial charge in [0.2, 0.25) is 0 Å². The molecule has 1 aromatic heterocycles. The lowest BCUT2D eigenvalue weighted by Gasteiger charge is -2.48. The van der Waals surface area contributed by atoms with Crippen LogP contribution in [0, 0.1) is 6.92 Å². The van der Waals surface area contributed by atoms with Crippen LogP contribution in [0.2, 0.25) is 0 Å². The van der Waals surface area contributed by atoms with Crippen LogP contribution in [0.5, 0.6) is 0 Å². The molecule has 0 bridgehead atoms. The quantitative estimate of drug-likeness (QED) is 0.160. The van der Waals surface area contributed by atoms with E-state index in [9.17, 15) is 0 Å². The second-order valence-electron chi connectivity index (χ2n) is 33.4. The maximum absolute atomic E-state index is 7.05. The maximum Gasteiger partial charge on any atom is 0.252 e. The molecule has 0 atom stereocenters. The number of rotatable bonds is 5. The summed E-state index contributed by atoms with van der Waals surface area (Å²) in [5.41, 5.74) is 28.9. The molecule has 442 valence electrons. The number of hydrogen-bond acceptors (Lipinski definition) is 4. The summed E-state index contributed by atoms with van der Waals surface area (Å²) in [4.78, 5) is 7.86. The first-order valence-corrected chi connectivity index (χ1v) is 32.3. The van der Waals surface area contributed by atoms with E-state index in [2.05, 4.69) is 300 Å². The SMILES string of the molecule is Cc1cc2c(cc1N1c3cc4c(cc3B3c5ccc(N(c6ccc(C(C)(C)C)cc6)c6ccc(C(C)(C)C)cc6)cc5N(c5ccc6c(c5)oc5cc(C(C)(C)C)ccc56)c5cc(C(C)(C)C)cc1c53)C(C)(C)CCC4(C)C)C(C)(C)CCC2(C)C. The van der Waals surface area contributed by atoms with E-state index in [0.717, 1.165) is 64.0 Å². The first-order chi connectivity index (χ1) is 40.0. The van der Waals surface area contributed by atoms with Crippen LogP contribution >= 0.6 is 0 Å². The minimum absolute atomic E-state index is 0.000567. The van der Waals surface area contributed by atoms with E-state index in [-0.39, 0.29) is 50.0 Å². The third kappa shape index (κ3) is 9.37. The van der Waals surface area contributed by atoms with E-state index in [1.807, 2.05) is 0 Å². The smallest absolute Gasteiger partial charge is 0.252 e. The van der Waals surface area contributed by atoms with Gasteiger partial charge < -0.3 is 19.1 Å². The van der Waals surface area contributed by atoms with Gasteiger partial charge in [-0.2, -0.15) is 0 Å². The zero-order chi connectivity index (χ0) is 61.5. The van der Waals surface area contributed by atoms with Gasteiger partial charge in [-0.1, -0.05) is 193 Å². The van der Waals surface area contributed by atoms with Crippen molar-refractivity contribution >= 4 is 96.2 Å². The van der Waals surface area contributed by atoms with E-state index in [4.69, 9.17) is 4.42 Å². The lowest BCUT2D eigenvalue weighted by atomic mass is 9.33. The van der Waals surface area contributed by atoms with Crippen LogP contribution < -0.4 is 31.1 Å². The molecule has 0 saturated heterocycles. The molecule has 8 aromatic carbocycles. The molecule has 2 aliphatic heterocycles. The number of fused-ring (bicyclic) bond motifs is 9. The molecule has 0 unspecified atom stereocenters. The Morgan fingerprint density at radius 1 is 0.372 bits per heavy atom. The molecule has 4 nitrogen and oxygen atoms in total. The Labute approximate surface area is 516 Å². The Hall–Kier alpha value is -6.98. The van der Waals surface area contributed by atoms with E-state index in [0.29, 0.717) is 0 Å². The molecule has 0 saturated carbocycles. The van der Waals surface area contributed by atoms with Gasteiger partial charge in [-0.3, -0.25) is 0 Å². The third-order valence-electron chi connectivity index (χ3n) is 21.1. The minimum atomic E-state index is -0.192. The fourth-order valence-electron chi connectivity index (χ4n) is 15.1. The number of nitrogens with zero attached hydrogens (tertiary/aromatic N) is 3. The highest BCUT2D eigenvalue weighted by Crippen LogP contribution is 2.55. The Bertz CT molecular complexity index is 4170. The van der Waals surface area contributed by atoms with Gasteiger partial charge in [0, 0.05) is 68.0 Å². The van der Waals surface area contributed by atoms with Crippen LogP contribution in [0.3, 0.4) is 0 Å². The van der Waals surface area contributed by atoms with Gasteiger partial charge in [-0.05, 0) is 221 Å². The predicted octanol–water partition coefficient (Wildman–Crippen LogP) is 21.3. The molecule has 4 aliphatic rings. The van der Waals surface area contributed by atoms with Crippen molar-refractivity contribution in [2.75, 3.05) is 14.7 Å². The summed E-state index contributed by atoms with van der Waals surface area (Å²) in [6.07, 6.45) is 4.62. The zero-order valence-electron chi connectivity index (χ0n) is 55.9. The number of furan rings is 1. The lowest BCUT2D eigenvalue weighted by Crippen LogP contribution is -2.62. The highest BCUT2D eigenvalue weighted by molar-refractivity contribution is 7.00. The van der Waals surface area contributed by atoms with E-state index in [1.54, 1.807) is 0 Å². The second-order valence-corrected chi connectivity index (χ2v) is 33.4. The van der Waals surface area contributed by atoms with Gasteiger partial charge in [-0.15, -0.1) is 0 Å². The van der Waals surface area contributed by atoms with E-state index >= 15 is 0 Å². The van der Waals surface area contributed by atoms with Crippen molar-refractivity contribution in [1.82, 2.24) is 0 Å². The highest BCUT2D eigenvalue weighted by atomic mass is 16.3. The standard InChI is InChI=1S/C81H94BN3O/c1-49-40-60-62(80(18,19)38-36-78(60,14)15)47-66(49)85-68-48-63-61(79(16,17)37-39-81(63,20)21)46-65(68)82-64-35-32-56(83(54-27-22-50(23-28-54)74(2,3)4)55-29-24-51(25-30-55)75(5,6)7)44-67(64)84(69-41-53(77(11,12)13)42-70(85)73(69)82)57-31-34-59-58-33-26-52(76(8,9)10)43-71(58)86-72(59)45-57/h22-35,40-48H,36-39H2,1-21H3. The largest absolute Gasteiger partial charge is 0.456 e. The normalized spacial score (nSPS) is 17.5. The molecule has 0 N–H and O–H groups in total. The van der Waals surface area contributed by atoms with Crippen molar-refractivity contribution in [3.63, 3.8) is 0 Å². The third-order valence-corrected chi connectivity index (χ3v) is 21.1. The van der Waals surface area contributed by atoms with Crippen LogP contribution in [0.15, 0.2) is 144 Å². The zero-order valence-corrected chi connectivity index (χ0v) is 55.9. The number of anilines is 9. The van der Waals surface area contributed by atoms with Crippen LogP contribution in [0.4, 0.5) is 51.2 Å². The fourth-order valence-corrected chi connectivity index (χ4v) is 15.1. The van der Waals surface area contributed by atoms with Crippen molar-refractivity contribution in [3.05, 3.63) is 190 Å². The summed E-state index contributed by atoms with van der Waals surface area (Å²) >= 11 is 0. The lowest BCUT2D eigenvalue weighted by molar-refractivity contribution is 0.331. The molecule has 13 rings (SSSR count). The van der Waals surface area contributed by atoms with Crippen LogP contribution in [-0.2, 0) is 43.3 Å². The van der Waals surface area contributed by atoms with Crippen molar-refractivity contribution < 1.29 is 4.42 Å². The molecule has 86 heavy (non-hydrogen) atoms. The first kappa shape index (κ1) is 58.1. The monoisotopic (exact) mass is 1140 g/mol. The number of hydrogen-bond donors (Lipinski definition) is 0. The predicted molar refractivity (Wildman–Crippen MR) is 373 cm³/mol. The van der Waals surface area contributed by atoms with Crippen molar-refractivity contribution in [3.8, 4) is 0 Å². The highest BCUT2D eigenvalue weighted by Gasteiger charge is 2.48. The summed E-state index contributed by atoms with van der Waals surface area (Å²) < 4.78 is 7.05. The van der Waals surface area contributed by atoms with Crippen molar-refractivity contribution in [1.29, 1.82) is 0 Å². The molecule has 0 spiro atoms. The Balaban J connectivity index is 1.14. The van der Waals surface area contributed by atoms with Crippen LogP contribution in [-0.4, -0.2) is 6.71 Å². The Morgan fingerprint density at radius 3 is 1.30 bits per heavy atom. The molecular weight excluding hydrogens is 1040 g/mol. The van der Waals surface area contributed by atoms with E-state index in [1.165, 1.54) is 101 Å². The second kappa shape index (κ2) is 19.0. The summed E-state index contributed by atoms with van der Waals surface area (Å²) in [5.74, 6) is 0. The fraction of sp³-hybridized carbons (Fsp3) is 0.407. The van der Waals surface area contributed by atoms with Gasteiger partial charge >= 0.3 is 0 Å². The van der Waals surface area contributed by atoms with Gasteiger partial charge in [0.25, 0.3) is 6.71 Å². The average molecular weight is 1140 g/mol. The Kier molecular flexibility index (Phi) is 12.8. The summed E-state index contributed by atoms with van der Waals surface area (Å²) in [6.45, 7) is 50.1. The maximum atomic E-state index is 7.05. The number of aryl methyl sites for hydroxylation is 1. The van der Waals surface area contributed by atoms with Gasteiger partial charge in [0.1, 0.15) is 11.2 Å². The summed E-state index contributed by atoms with van der Waals surface area (Å²) in [5, 5.41) is 2.28. The van der Waals surface area contributed by atoms with Crippen LogP contribution in [0.1, 0.15) is 214 Å².